The third-order valence-electron chi connectivity index (χ3n) is 6.41. The van der Waals surface area contributed by atoms with Gasteiger partial charge in [-0.25, -0.2) is 0 Å². The molecule has 1 N–H and O–H groups in total. The standard InChI is InChI=1S/C15H27NO/c1-14(2)11-6-7-15(14,3)13(9-11)16-10-12-5-4-8-17-12/h11-13,16H,4-10H2,1-3H3. The smallest absolute Gasteiger partial charge is 0.0700 e. The summed E-state index contributed by atoms with van der Waals surface area (Å²) < 4.78 is 5.72. The fraction of sp³-hybridized carbons (Fsp3) is 1.00. The lowest BCUT2D eigenvalue weighted by atomic mass is 9.69. The minimum Gasteiger partial charge on any atom is -0.377 e. The second-order valence-electron chi connectivity index (χ2n) is 7.21. The van der Waals surface area contributed by atoms with Gasteiger partial charge in [-0.3, -0.25) is 0 Å². The fourth-order valence-electron chi connectivity index (χ4n) is 4.59. The molecule has 98 valence electrons. The molecule has 2 heteroatoms. The first-order valence-corrected chi connectivity index (χ1v) is 7.39. The van der Waals surface area contributed by atoms with Crippen LogP contribution in [0.2, 0.25) is 0 Å². The van der Waals surface area contributed by atoms with Crippen LogP contribution in [0.1, 0.15) is 52.9 Å². The monoisotopic (exact) mass is 237 g/mol. The molecule has 0 aromatic rings. The second kappa shape index (κ2) is 3.96. The van der Waals surface area contributed by atoms with Crippen molar-refractivity contribution < 1.29 is 4.74 Å². The summed E-state index contributed by atoms with van der Waals surface area (Å²) >= 11 is 0. The van der Waals surface area contributed by atoms with Gasteiger partial charge in [0.25, 0.3) is 0 Å². The molecular formula is C15H27NO. The minimum absolute atomic E-state index is 0.487. The summed E-state index contributed by atoms with van der Waals surface area (Å²) in [6, 6.07) is 0.723. The maximum atomic E-state index is 5.72. The fourth-order valence-corrected chi connectivity index (χ4v) is 4.59. The Labute approximate surface area is 105 Å². The second-order valence-corrected chi connectivity index (χ2v) is 7.21. The van der Waals surface area contributed by atoms with Crippen LogP contribution < -0.4 is 5.32 Å². The number of ether oxygens (including phenoxy) is 1. The van der Waals surface area contributed by atoms with E-state index in [1.807, 2.05) is 0 Å². The lowest BCUT2D eigenvalue weighted by Gasteiger charge is -2.40. The van der Waals surface area contributed by atoms with Crippen molar-refractivity contribution in [2.24, 2.45) is 16.7 Å². The average Bonchev–Trinajstić information content (AvgIpc) is 2.91. The summed E-state index contributed by atoms with van der Waals surface area (Å²) in [6.45, 7) is 9.52. The summed E-state index contributed by atoms with van der Waals surface area (Å²) in [7, 11) is 0. The van der Waals surface area contributed by atoms with Gasteiger partial charge in [-0.2, -0.15) is 0 Å². The number of hydrogen-bond acceptors (Lipinski definition) is 2. The van der Waals surface area contributed by atoms with Gasteiger partial charge in [0.15, 0.2) is 0 Å². The highest BCUT2D eigenvalue weighted by Gasteiger charge is 2.61. The third kappa shape index (κ3) is 1.67. The zero-order valence-electron chi connectivity index (χ0n) is 11.6. The molecule has 4 atom stereocenters. The molecule has 0 aromatic carbocycles. The Morgan fingerprint density at radius 1 is 1.24 bits per heavy atom. The summed E-state index contributed by atoms with van der Waals surface area (Å²) in [6.07, 6.45) is 7.23. The van der Waals surface area contributed by atoms with E-state index in [4.69, 9.17) is 4.74 Å². The largest absolute Gasteiger partial charge is 0.377 e. The third-order valence-corrected chi connectivity index (χ3v) is 6.41. The molecule has 2 bridgehead atoms. The molecule has 4 unspecified atom stereocenters. The van der Waals surface area contributed by atoms with Gasteiger partial charge in [-0.05, 0) is 48.9 Å². The van der Waals surface area contributed by atoms with Crippen LogP contribution in [0, 0.1) is 16.7 Å². The van der Waals surface area contributed by atoms with Gasteiger partial charge in [0.1, 0.15) is 0 Å². The number of hydrogen-bond donors (Lipinski definition) is 1. The van der Waals surface area contributed by atoms with Crippen molar-refractivity contribution in [1.29, 1.82) is 0 Å². The first-order chi connectivity index (χ1) is 8.04. The van der Waals surface area contributed by atoms with E-state index in [1.54, 1.807) is 0 Å². The Bertz CT molecular complexity index is 295. The van der Waals surface area contributed by atoms with E-state index in [2.05, 4.69) is 26.1 Å². The molecule has 17 heavy (non-hydrogen) atoms. The van der Waals surface area contributed by atoms with E-state index >= 15 is 0 Å². The quantitative estimate of drug-likeness (QED) is 0.815. The molecular weight excluding hydrogens is 210 g/mol. The Kier molecular flexibility index (Phi) is 2.79. The SMILES string of the molecule is CC1(C)C2CCC1(C)C(NCC1CCCO1)C2. The van der Waals surface area contributed by atoms with Crippen molar-refractivity contribution in [3.8, 4) is 0 Å². The van der Waals surface area contributed by atoms with Gasteiger partial charge in [-0.15, -0.1) is 0 Å². The highest BCUT2D eigenvalue weighted by Crippen LogP contribution is 2.65. The van der Waals surface area contributed by atoms with E-state index in [0.29, 0.717) is 16.9 Å². The Balaban J connectivity index is 1.62. The predicted molar refractivity (Wildman–Crippen MR) is 70.0 cm³/mol. The Hall–Kier alpha value is -0.0800. The molecule has 3 rings (SSSR count). The zero-order chi connectivity index (χ0) is 12.1. The van der Waals surface area contributed by atoms with Gasteiger partial charge in [0.05, 0.1) is 6.10 Å². The van der Waals surface area contributed by atoms with Crippen LogP contribution in [0.25, 0.3) is 0 Å². The number of fused-ring (bicyclic) bond motifs is 2. The molecule has 1 heterocycles. The molecule has 2 nitrogen and oxygen atoms in total. The van der Waals surface area contributed by atoms with Crippen molar-refractivity contribution in [2.45, 2.75) is 65.0 Å². The molecule has 0 spiro atoms. The first-order valence-electron chi connectivity index (χ1n) is 7.39. The summed E-state index contributed by atoms with van der Waals surface area (Å²) in [5.74, 6) is 0.939. The van der Waals surface area contributed by atoms with E-state index in [0.717, 1.165) is 25.1 Å². The van der Waals surface area contributed by atoms with Crippen molar-refractivity contribution in [1.82, 2.24) is 5.32 Å². The number of rotatable bonds is 3. The Morgan fingerprint density at radius 2 is 2.06 bits per heavy atom. The van der Waals surface area contributed by atoms with Crippen LogP contribution in [0.5, 0.6) is 0 Å². The number of nitrogens with one attached hydrogen (secondary N) is 1. The van der Waals surface area contributed by atoms with Crippen LogP contribution in [-0.2, 0) is 4.74 Å². The molecule has 0 radical (unpaired) electrons. The summed E-state index contributed by atoms with van der Waals surface area (Å²) in [4.78, 5) is 0. The predicted octanol–water partition coefficient (Wildman–Crippen LogP) is 2.97. The lowest BCUT2D eigenvalue weighted by Crippen LogP contribution is -2.46. The van der Waals surface area contributed by atoms with Crippen LogP contribution in [0.3, 0.4) is 0 Å². The molecule has 2 saturated carbocycles. The van der Waals surface area contributed by atoms with Crippen molar-refractivity contribution >= 4 is 0 Å². The molecule has 3 fully saturated rings. The minimum atomic E-state index is 0.487. The summed E-state index contributed by atoms with van der Waals surface area (Å²) in [5, 5.41) is 3.83. The topological polar surface area (TPSA) is 21.3 Å². The highest BCUT2D eigenvalue weighted by atomic mass is 16.5. The first kappa shape index (κ1) is 12.0. The van der Waals surface area contributed by atoms with Crippen molar-refractivity contribution in [3.05, 3.63) is 0 Å². The van der Waals surface area contributed by atoms with Gasteiger partial charge >= 0.3 is 0 Å². The van der Waals surface area contributed by atoms with E-state index in [-0.39, 0.29) is 0 Å². The van der Waals surface area contributed by atoms with E-state index in [9.17, 15) is 0 Å². The van der Waals surface area contributed by atoms with Gasteiger partial charge < -0.3 is 10.1 Å². The molecule has 0 aromatic heterocycles. The Morgan fingerprint density at radius 3 is 2.59 bits per heavy atom. The lowest BCUT2D eigenvalue weighted by molar-refractivity contribution is 0.0856. The molecule has 2 aliphatic carbocycles. The van der Waals surface area contributed by atoms with Crippen LogP contribution in [0.4, 0.5) is 0 Å². The molecule has 3 aliphatic rings. The van der Waals surface area contributed by atoms with Gasteiger partial charge in [0.2, 0.25) is 0 Å². The maximum Gasteiger partial charge on any atom is 0.0700 e. The molecule has 1 saturated heterocycles. The van der Waals surface area contributed by atoms with Gasteiger partial charge in [-0.1, -0.05) is 20.8 Å². The van der Waals surface area contributed by atoms with Crippen LogP contribution in [-0.4, -0.2) is 25.3 Å². The molecule has 1 aliphatic heterocycles. The van der Waals surface area contributed by atoms with Crippen LogP contribution >= 0.6 is 0 Å². The van der Waals surface area contributed by atoms with Crippen molar-refractivity contribution in [3.63, 3.8) is 0 Å². The molecule has 0 amide bonds. The van der Waals surface area contributed by atoms with Crippen LogP contribution in [0.15, 0.2) is 0 Å². The maximum absolute atomic E-state index is 5.72. The average molecular weight is 237 g/mol. The zero-order valence-corrected chi connectivity index (χ0v) is 11.6. The van der Waals surface area contributed by atoms with Crippen molar-refractivity contribution in [2.75, 3.05) is 13.2 Å². The van der Waals surface area contributed by atoms with Gasteiger partial charge in [0, 0.05) is 19.2 Å². The van der Waals surface area contributed by atoms with E-state index < -0.39 is 0 Å². The summed E-state index contributed by atoms with van der Waals surface area (Å²) in [5.41, 5.74) is 1.04. The normalized spacial score (nSPS) is 47.8. The van der Waals surface area contributed by atoms with E-state index in [1.165, 1.54) is 32.1 Å². The highest BCUT2D eigenvalue weighted by molar-refractivity contribution is 5.13.